The fourth-order valence-corrected chi connectivity index (χ4v) is 3.75. The fraction of sp³-hybridized carbons (Fsp3) is 0.429. The summed E-state index contributed by atoms with van der Waals surface area (Å²) in [6.07, 6.45) is 1.57. The lowest BCUT2D eigenvalue weighted by Crippen LogP contribution is -2.31. The zero-order valence-corrected chi connectivity index (χ0v) is 13.5. The molecule has 6 heteroatoms. The molecular formula is C14H21ClN2O2S. The van der Waals surface area contributed by atoms with Gasteiger partial charge in [-0.3, -0.25) is 0 Å². The van der Waals surface area contributed by atoms with Gasteiger partial charge in [-0.25, -0.2) is 8.42 Å². The van der Waals surface area contributed by atoms with Crippen molar-refractivity contribution in [2.24, 2.45) is 0 Å². The Balaban J connectivity index is 3.18. The van der Waals surface area contributed by atoms with E-state index in [9.17, 15) is 8.42 Å². The van der Waals surface area contributed by atoms with Crippen molar-refractivity contribution in [2.75, 3.05) is 19.6 Å². The molecule has 0 atom stereocenters. The van der Waals surface area contributed by atoms with E-state index < -0.39 is 10.0 Å². The minimum atomic E-state index is -3.59. The molecule has 0 bridgehead atoms. The van der Waals surface area contributed by atoms with Gasteiger partial charge in [0.2, 0.25) is 10.0 Å². The van der Waals surface area contributed by atoms with Gasteiger partial charge < -0.3 is 5.32 Å². The Morgan fingerprint density at radius 3 is 2.65 bits per heavy atom. The summed E-state index contributed by atoms with van der Waals surface area (Å²) in [5.41, 5.74) is 0.893. The largest absolute Gasteiger partial charge is 0.313 e. The zero-order valence-electron chi connectivity index (χ0n) is 11.9. The Kier molecular flexibility index (Phi) is 6.68. The van der Waals surface area contributed by atoms with Gasteiger partial charge in [0.25, 0.3) is 0 Å². The third kappa shape index (κ3) is 4.06. The molecule has 1 rings (SSSR count). The molecule has 0 aliphatic carbocycles. The Morgan fingerprint density at radius 1 is 1.40 bits per heavy atom. The molecule has 0 unspecified atom stereocenters. The van der Waals surface area contributed by atoms with Crippen molar-refractivity contribution in [3.05, 3.63) is 41.4 Å². The molecule has 112 valence electrons. The van der Waals surface area contributed by atoms with Crippen LogP contribution in [0.15, 0.2) is 35.7 Å². The van der Waals surface area contributed by atoms with E-state index >= 15 is 0 Å². The quantitative estimate of drug-likeness (QED) is 0.750. The number of nitrogens with zero attached hydrogens (tertiary/aromatic N) is 1. The second-order valence-corrected chi connectivity index (χ2v) is 6.60. The summed E-state index contributed by atoms with van der Waals surface area (Å²) in [5, 5.41) is 3.41. The standard InChI is InChI=1S/C14H21ClN2O2S/c1-4-9-17(6-3)20(18,19)14-10-12(11-16-5-2)7-8-13(14)15/h4,7-8,10,16H,1,5-6,9,11H2,2-3H3. The van der Waals surface area contributed by atoms with Crippen LogP contribution in [0.5, 0.6) is 0 Å². The Labute approximate surface area is 126 Å². The van der Waals surface area contributed by atoms with Crippen LogP contribution in [-0.2, 0) is 16.6 Å². The van der Waals surface area contributed by atoms with Crippen LogP contribution in [0.1, 0.15) is 19.4 Å². The van der Waals surface area contributed by atoms with E-state index in [1.807, 2.05) is 13.0 Å². The lowest BCUT2D eigenvalue weighted by molar-refractivity contribution is 0.460. The van der Waals surface area contributed by atoms with Gasteiger partial charge in [-0.1, -0.05) is 37.6 Å². The SMILES string of the molecule is C=CCN(CC)S(=O)(=O)c1cc(CNCC)ccc1Cl. The number of halogens is 1. The van der Waals surface area contributed by atoms with Crippen LogP contribution in [0.4, 0.5) is 0 Å². The Morgan fingerprint density at radius 2 is 2.10 bits per heavy atom. The van der Waals surface area contributed by atoms with Gasteiger partial charge in [-0.15, -0.1) is 6.58 Å². The predicted molar refractivity (Wildman–Crippen MR) is 83.5 cm³/mol. The maximum Gasteiger partial charge on any atom is 0.244 e. The first-order valence-electron chi connectivity index (χ1n) is 6.57. The van der Waals surface area contributed by atoms with Crippen LogP contribution < -0.4 is 5.32 Å². The molecule has 0 fully saturated rings. The summed E-state index contributed by atoms with van der Waals surface area (Å²) in [4.78, 5) is 0.151. The second-order valence-electron chi connectivity index (χ2n) is 4.29. The average molecular weight is 317 g/mol. The van der Waals surface area contributed by atoms with Gasteiger partial charge >= 0.3 is 0 Å². The third-order valence-corrected chi connectivity index (χ3v) is 5.30. The first-order valence-corrected chi connectivity index (χ1v) is 8.39. The van der Waals surface area contributed by atoms with Crippen LogP contribution in [-0.4, -0.2) is 32.4 Å². The average Bonchev–Trinajstić information content (AvgIpc) is 2.43. The number of hydrogen-bond acceptors (Lipinski definition) is 3. The van der Waals surface area contributed by atoms with Gasteiger partial charge in [-0.2, -0.15) is 4.31 Å². The molecule has 1 N–H and O–H groups in total. The highest BCUT2D eigenvalue weighted by molar-refractivity contribution is 7.89. The number of rotatable bonds is 8. The summed E-state index contributed by atoms with van der Waals surface area (Å²) in [5.74, 6) is 0. The molecule has 1 aromatic carbocycles. The van der Waals surface area contributed by atoms with Gasteiger partial charge in [0.1, 0.15) is 4.90 Å². The smallest absolute Gasteiger partial charge is 0.244 e. The fourth-order valence-electron chi connectivity index (χ4n) is 1.81. The van der Waals surface area contributed by atoms with Crippen LogP contribution in [0.3, 0.4) is 0 Å². The maximum absolute atomic E-state index is 12.6. The number of sulfonamides is 1. The van der Waals surface area contributed by atoms with Crippen molar-refractivity contribution in [3.63, 3.8) is 0 Å². The van der Waals surface area contributed by atoms with Gasteiger partial charge in [0.15, 0.2) is 0 Å². The maximum atomic E-state index is 12.6. The monoisotopic (exact) mass is 316 g/mol. The zero-order chi connectivity index (χ0) is 15.2. The molecule has 1 aromatic rings. The number of likely N-dealkylation sites (N-methyl/N-ethyl adjacent to an activating group) is 1. The van der Waals surface area contributed by atoms with E-state index in [0.717, 1.165) is 12.1 Å². The highest BCUT2D eigenvalue weighted by Gasteiger charge is 2.24. The van der Waals surface area contributed by atoms with Crippen LogP contribution in [0, 0.1) is 0 Å². The first-order chi connectivity index (χ1) is 9.47. The summed E-state index contributed by atoms with van der Waals surface area (Å²) in [6.45, 7) is 9.46. The molecule has 0 aromatic heterocycles. The Hall–Kier alpha value is -0.880. The van der Waals surface area contributed by atoms with E-state index in [2.05, 4.69) is 11.9 Å². The third-order valence-electron chi connectivity index (χ3n) is 2.88. The summed E-state index contributed by atoms with van der Waals surface area (Å²) in [6, 6.07) is 5.09. The van der Waals surface area contributed by atoms with E-state index in [1.54, 1.807) is 25.1 Å². The second kappa shape index (κ2) is 7.78. The molecule has 0 spiro atoms. The highest BCUT2D eigenvalue weighted by Crippen LogP contribution is 2.25. The topological polar surface area (TPSA) is 49.4 Å². The van der Waals surface area contributed by atoms with Crippen molar-refractivity contribution in [1.29, 1.82) is 0 Å². The van der Waals surface area contributed by atoms with Crippen molar-refractivity contribution in [1.82, 2.24) is 9.62 Å². The summed E-state index contributed by atoms with van der Waals surface area (Å²) < 4.78 is 26.5. The summed E-state index contributed by atoms with van der Waals surface area (Å²) >= 11 is 6.06. The van der Waals surface area contributed by atoms with Crippen LogP contribution >= 0.6 is 11.6 Å². The number of benzene rings is 1. The first kappa shape index (κ1) is 17.2. The molecular weight excluding hydrogens is 296 g/mol. The van der Waals surface area contributed by atoms with Crippen molar-refractivity contribution < 1.29 is 8.42 Å². The highest BCUT2D eigenvalue weighted by atomic mass is 35.5. The minimum Gasteiger partial charge on any atom is -0.313 e. The van der Waals surface area contributed by atoms with Crippen LogP contribution in [0.2, 0.25) is 5.02 Å². The van der Waals surface area contributed by atoms with Gasteiger partial charge in [0.05, 0.1) is 5.02 Å². The molecule has 0 aliphatic heterocycles. The Bertz CT molecular complexity index is 558. The lowest BCUT2D eigenvalue weighted by atomic mass is 10.2. The van der Waals surface area contributed by atoms with Crippen LogP contribution in [0.25, 0.3) is 0 Å². The normalized spacial score (nSPS) is 11.8. The number of hydrogen-bond donors (Lipinski definition) is 1. The lowest BCUT2D eigenvalue weighted by Gasteiger charge is -2.20. The number of nitrogens with one attached hydrogen (secondary N) is 1. The molecule has 0 heterocycles. The molecule has 0 radical (unpaired) electrons. The van der Waals surface area contributed by atoms with E-state index in [1.165, 1.54) is 4.31 Å². The van der Waals surface area contributed by atoms with E-state index in [0.29, 0.717) is 13.1 Å². The van der Waals surface area contributed by atoms with E-state index in [4.69, 9.17) is 11.6 Å². The van der Waals surface area contributed by atoms with Crippen molar-refractivity contribution in [3.8, 4) is 0 Å². The molecule has 4 nitrogen and oxygen atoms in total. The molecule has 0 saturated carbocycles. The van der Waals surface area contributed by atoms with Crippen molar-refractivity contribution in [2.45, 2.75) is 25.3 Å². The van der Waals surface area contributed by atoms with Crippen molar-refractivity contribution >= 4 is 21.6 Å². The molecule has 0 aliphatic rings. The summed E-state index contributed by atoms with van der Waals surface area (Å²) in [7, 11) is -3.59. The molecule has 0 saturated heterocycles. The predicted octanol–water partition coefficient (Wildman–Crippen LogP) is 2.65. The van der Waals surface area contributed by atoms with E-state index in [-0.39, 0.29) is 16.5 Å². The molecule has 0 amide bonds. The van der Waals surface area contributed by atoms with Gasteiger partial charge in [-0.05, 0) is 24.2 Å². The minimum absolute atomic E-state index is 0.151. The van der Waals surface area contributed by atoms with Gasteiger partial charge in [0, 0.05) is 19.6 Å². The molecule has 20 heavy (non-hydrogen) atoms.